The number of rotatable bonds is 15. The number of hydrogen-bond acceptors (Lipinski definition) is 11. The summed E-state index contributed by atoms with van der Waals surface area (Å²) in [5.41, 5.74) is 5.80. The minimum absolute atomic E-state index is 0.195. The highest BCUT2D eigenvalue weighted by molar-refractivity contribution is 7.54. The lowest BCUT2D eigenvalue weighted by Gasteiger charge is -2.30. The van der Waals surface area contributed by atoms with Gasteiger partial charge in [0, 0.05) is 0 Å². The lowest BCUT2D eigenvalue weighted by atomic mass is 9.98. The Hall–Kier alpha value is -3.08. The molecule has 1 aliphatic carbocycles. The molecule has 2 aromatic heterocycles. The van der Waals surface area contributed by atoms with Gasteiger partial charge >= 0.3 is 19.6 Å². The van der Waals surface area contributed by atoms with Crippen LogP contribution in [-0.4, -0.2) is 63.5 Å². The molecule has 4 N–H and O–H groups in total. The number of nitrogens with zero attached hydrogens (tertiary/aromatic N) is 4. The summed E-state index contributed by atoms with van der Waals surface area (Å²) in [6.07, 6.45) is 7.69. The fraction of sp³-hybridized carbons (Fsp3) is 0.700. The highest BCUT2D eigenvalue weighted by Crippen LogP contribution is 2.45. The zero-order valence-corrected chi connectivity index (χ0v) is 27.5. The van der Waals surface area contributed by atoms with Crippen molar-refractivity contribution in [2.24, 2.45) is 5.92 Å². The standard InChI is InChI=1S/C30H46N7O7P/c1-5-22(6-2)16-41-28(38)20(3)35-45(40,36-21(4)29(39)43-23-10-8-7-9-11-23)42-18-30(17-31)15-14-26(44-30)24-12-13-25-27(32)33-19-34-37(24)25/h12-13,19-23,26H,5-11,14-16,18H2,1-4H3,(H2,32,33,34)(H2,35,36,40)/t20-,21-,26+,30+,45?/m0/s1. The molecule has 2 aliphatic rings. The lowest BCUT2D eigenvalue weighted by molar-refractivity contribution is -0.152. The van der Waals surface area contributed by atoms with Gasteiger partial charge in [-0.25, -0.2) is 19.7 Å². The summed E-state index contributed by atoms with van der Waals surface area (Å²) in [7, 11) is -4.16. The van der Waals surface area contributed by atoms with E-state index in [1.807, 2.05) is 19.9 Å². The zero-order chi connectivity index (χ0) is 32.6. The first-order valence-electron chi connectivity index (χ1n) is 15.9. The molecule has 1 unspecified atom stereocenters. The molecular formula is C30H46N7O7P. The molecule has 0 spiro atoms. The largest absolute Gasteiger partial charge is 0.464 e. The van der Waals surface area contributed by atoms with Gasteiger partial charge in [0.1, 0.15) is 42.2 Å². The molecule has 3 heterocycles. The Bertz CT molecular complexity index is 1400. The van der Waals surface area contributed by atoms with E-state index in [1.165, 1.54) is 20.2 Å². The first kappa shape index (κ1) is 34.8. The normalized spacial score (nSPS) is 23.3. The second-order valence-electron chi connectivity index (χ2n) is 12.0. The number of nitriles is 1. The van der Waals surface area contributed by atoms with Crippen molar-refractivity contribution in [2.75, 3.05) is 18.9 Å². The summed E-state index contributed by atoms with van der Waals surface area (Å²) in [6.45, 7) is 6.90. The second-order valence-corrected chi connectivity index (χ2v) is 13.9. The van der Waals surface area contributed by atoms with Crippen LogP contribution in [0.5, 0.6) is 0 Å². The van der Waals surface area contributed by atoms with Crippen molar-refractivity contribution in [3.05, 3.63) is 24.2 Å². The maximum atomic E-state index is 14.3. The summed E-state index contributed by atoms with van der Waals surface area (Å²) < 4.78 is 39.1. The molecule has 0 radical (unpaired) electrons. The van der Waals surface area contributed by atoms with E-state index in [9.17, 15) is 19.4 Å². The maximum absolute atomic E-state index is 14.3. The third-order valence-corrected chi connectivity index (χ3v) is 10.5. The number of nitrogen functional groups attached to an aromatic ring is 1. The molecule has 248 valence electrons. The smallest absolute Gasteiger partial charge is 0.342 e. The highest BCUT2D eigenvalue weighted by atomic mass is 31.2. The summed E-state index contributed by atoms with van der Waals surface area (Å²) in [6, 6.07) is 3.68. The number of hydrogen-bond donors (Lipinski definition) is 3. The maximum Gasteiger partial charge on any atom is 0.342 e. The van der Waals surface area contributed by atoms with Gasteiger partial charge in [0.15, 0.2) is 11.4 Å². The van der Waals surface area contributed by atoms with Crippen molar-refractivity contribution in [3.63, 3.8) is 0 Å². The molecular weight excluding hydrogens is 601 g/mol. The number of fused-ring (bicyclic) bond motifs is 1. The van der Waals surface area contributed by atoms with Gasteiger partial charge in [0.2, 0.25) is 0 Å². The molecule has 45 heavy (non-hydrogen) atoms. The SMILES string of the molecule is CCC(CC)COC(=O)[C@H](C)NP(=O)(N[C@@H](C)C(=O)OC1CCCCC1)OC[C@]1(C#N)CC[C@H](c2ccc3c(N)ncnn23)O1. The zero-order valence-electron chi connectivity index (χ0n) is 26.6. The molecule has 1 saturated carbocycles. The monoisotopic (exact) mass is 647 g/mol. The van der Waals surface area contributed by atoms with E-state index < -0.39 is 50.0 Å². The summed E-state index contributed by atoms with van der Waals surface area (Å²) >= 11 is 0. The second kappa shape index (κ2) is 15.5. The average molecular weight is 648 g/mol. The Morgan fingerprint density at radius 3 is 2.51 bits per heavy atom. The van der Waals surface area contributed by atoms with Gasteiger partial charge in [-0.3, -0.25) is 14.2 Å². The predicted octanol–water partition coefficient (Wildman–Crippen LogP) is 4.36. The number of nitrogens with one attached hydrogen (secondary N) is 2. The number of ether oxygens (including phenoxy) is 3. The Balaban J connectivity index is 1.47. The van der Waals surface area contributed by atoms with Crippen LogP contribution >= 0.6 is 7.67 Å². The number of aromatic nitrogens is 3. The van der Waals surface area contributed by atoms with Crippen molar-refractivity contribution < 1.29 is 32.9 Å². The highest BCUT2D eigenvalue weighted by Gasteiger charge is 2.45. The first-order valence-corrected chi connectivity index (χ1v) is 17.5. The Kier molecular flexibility index (Phi) is 12.0. The van der Waals surface area contributed by atoms with E-state index >= 15 is 0 Å². The molecule has 0 bridgehead atoms. The van der Waals surface area contributed by atoms with E-state index in [-0.39, 0.29) is 25.0 Å². The van der Waals surface area contributed by atoms with Crippen LogP contribution in [0.3, 0.4) is 0 Å². The van der Waals surface area contributed by atoms with Crippen molar-refractivity contribution in [1.29, 1.82) is 5.26 Å². The minimum Gasteiger partial charge on any atom is -0.464 e. The van der Waals surface area contributed by atoms with Crippen LogP contribution in [0.2, 0.25) is 0 Å². The van der Waals surface area contributed by atoms with E-state index in [0.717, 1.165) is 44.9 Å². The Morgan fingerprint density at radius 2 is 1.84 bits per heavy atom. The molecule has 2 fully saturated rings. The third-order valence-electron chi connectivity index (χ3n) is 8.59. The van der Waals surface area contributed by atoms with Crippen LogP contribution in [-0.2, 0) is 32.9 Å². The van der Waals surface area contributed by atoms with Gasteiger partial charge in [-0.1, -0.05) is 33.1 Å². The van der Waals surface area contributed by atoms with Crippen molar-refractivity contribution in [1.82, 2.24) is 24.8 Å². The molecule has 0 amide bonds. The molecule has 4 rings (SSSR count). The van der Waals surface area contributed by atoms with Crippen LogP contribution in [0.25, 0.3) is 5.52 Å². The fourth-order valence-electron chi connectivity index (χ4n) is 5.62. The number of anilines is 1. The molecule has 14 nitrogen and oxygen atoms in total. The fourth-order valence-corrected chi connectivity index (χ4v) is 7.47. The van der Waals surface area contributed by atoms with Crippen LogP contribution in [0, 0.1) is 17.2 Å². The molecule has 1 aliphatic heterocycles. The van der Waals surface area contributed by atoms with Crippen LogP contribution in [0.15, 0.2) is 18.5 Å². The summed E-state index contributed by atoms with van der Waals surface area (Å²) in [5.74, 6) is -0.671. The number of carbonyl (C=O) groups is 2. The topological polar surface area (TPSA) is 192 Å². The molecule has 1 saturated heterocycles. The number of nitrogens with two attached hydrogens (primary N) is 1. The minimum atomic E-state index is -4.16. The van der Waals surface area contributed by atoms with Crippen molar-refractivity contribution in [2.45, 2.75) is 115 Å². The van der Waals surface area contributed by atoms with E-state index in [1.54, 1.807) is 10.6 Å². The number of esters is 2. The quantitative estimate of drug-likeness (QED) is 0.183. The number of carbonyl (C=O) groups excluding carboxylic acids is 2. The van der Waals surface area contributed by atoms with E-state index in [0.29, 0.717) is 23.4 Å². The van der Waals surface area contributed by atoms with Gasteiger partial charge < -0.3 is 24.5 Å². The van der Waals surface area contributed by atoms with Gasteiger partial charge in [0.25, 0.3) is 0 Å². The average Bonchev–Trinajstić information content (AvgIpc) is 3.67. The van der Waals surface area contributed by atoms with Crippen molar-refractivity contribution >= 4 is 30.9 Å². The molecule has 0 aromatic carbocycles. The van der Waals surface area contributed by atoms with E-state index in [4.69, 9.17) is 24.5 Å². The molecule has 5 atom stereocenters. The Morgan fingerprint density at radius 1 is 1.16 bits per heavy atom. The van der Waals surface area contributed by atoms with E-state index in [2.05, 4.69) is 26.3 Å². The van der Waals surface area contributed by atoms with Gasteiger partial charge in [0.05, 0.1) is 18.9 Å². The van der Waals surface area contributed by atoms with Crippen LogP contribution < -0.4 is 15.9 Å². The van der Waals surface area contributed by atoms with Gasteiger partial charge in [-0.05, 0) is 70.4 Å². The first-order chi connectivity index (χ1) is 21.5. The summed E-state index contributed by atoms with van der Waals surface area (Å²) in [4.78, 5) is 29.8. The third kappa shape index (κ3) is 8.80. The van der Waals surface area contributed by atoms with Gasteiger partial charge in [-0.15, -0.1) is 0 Å². The summed E-state index contributed by atoms with van der Waals surface area (Å²) in [5, 5.41) is 19.9. The van der Waals surface area contributed by atoms with Crippen LogP contribution in [0.1, 0.15) is 97.3 Å². The van der Waals surface area contributed by atoms with Crippen LogP contribution in [0.4, 0.5) is 5.82 Å². The van der Waals surface area contributed by atoms with Gasteiger partial charge in [-0.2, -0.15) is 10.4 Å². The molecule has 2 aromatic rings. The van der Waals surface area contributed by atoms with Crippen molar-refractivity contribution in [3.8, 4) is 6.07 Å². The molecule has 15 heteroatoms. The lowest BCUT2D eigenvalue weighted by Crippen LogP contribution is -2.44. The predicted molar refractivity (Wildman–Crippen MR) is 166 cm³/mol. The Labute approximate surface area is 264 Å².